The van der Waals surface area contributed by atoms with Gasteiger partial charge in [-0.2, -0.15) is 0 Å². The number of hydrogen-bond acceptors (Lipinski definition) is 3. The standard InChI is InChI=1S/C26H29ClN4OS/c1-16-17(2)31(20-9-6-8-19(27)14-20)18(3)23(16)25-24(22-11-4-5-12-28-22)29-26(33)30(25)15-21-10-7-13-32-21/h4-6,8-9,11-12,14,21,24-25H,7,10,13,15H2,1-3H3,(H,29,33)/t21-,24+,25+/m0/s1. The van der Waals surface area contributed by atoms with E-state index in [0.29, 0.717) is 0 Å². The van der Waals surface area contributed by atoms with Gasteiger partial charge in [-0.05, 0) is 81.7 Å². The third kappa shape index (κ3) is 4.05. The number of benzene rings is 1. The predicted octanol–water partition coefficient (Wildman–Crippen LogP) is 5.60. The molecule has 0 spiro atoms. The summed E-state index contributed by atoms with van der Waals surface area (Å²) in [5, 5.41) is 5.08. The van der Waals surface area contributed by atoms with Crippen molar-refractivity contribution in [3.63, 3.8) is 0 Å². The Morgan fingerprint density at radius 1 is 1.15 bits per heavy atom. The van der Waals surface area contributed by atoms with E-state index in [1.807, 2.05) is 36.5 Å². The molecule has 5 rings (SSSR count). The number of halogens is 1. The number of aromatic nitrogens is 2. The molecule has 0 amide bonds. The summed E-state index contributed by atoms with van der Waals surface area (Å²) in [6, 6.07) is 14.1. The minimum Gasteiger partial charge on any atom is -0.376 e. The Kier molecular flexibility index (Phi) is 6.16. The normalized spacial score (nSPS) is 22.7. The maximum atomic E-state index is 6.34. The molecule has 3 atom stereocenters. The van der Waals surface area contributed by atoms with Crippen molar-refractivity contribution in [1.82, 2.24) is 19.8 Å². The van der Waals surface area contributed by atoms with Crippen molar-refractivity contribution in [3.8, 4) is 5.69 Å². The molecule has 0 bridgehead atoms. The average Bonchev–Trinajstić information content (AvgIpc) is 3.49. The molecule has 2 saturated heterocycles. The van der Waals surface area contributed by atoms with E-state index in [4.69, 9.17) is 33.5 Å². The third-order valence-corrected chi connectivity index (χ3v) is 7.58. The number of pyridine rings is 1. The Morgan fingerprint density at radius 3 is 2.70 bits per heavy atom. The van der Waals surface area contributed by atoms with Gasteiger partial charge in [0, 0.05) is 47.0 Å². The summed E-state index contributed by atoms with van der Waals surface area (Å²) >= 11 is 12.2. The van der Waals surface area contributed by atoms with Gasteiger partial charge in [0.15, 0.2) is 5.11 Å². The Balaban J connectivity index is 1.64. The summed E-state index contributed by atoms with van der Waals surface area (Å²) in [4.78, 5) is 7.01. The first-order chi connectivity index (χ1) is 16.0. The highest BCUT2D eigenvalue weighted by molar-refractivity contribution is 7.80. The molecule has 2 fully saturated rings. The number of ether oxygens (including phenoxy) is 1. The second-order valence-corrected chi connectivity index (χ2v) is 9.76. The van der Waals surface area contributed by atoms with Crippen LogP contribution < -0.4 is 5.32 Å². The zero-order valence-electron chi connectivity index (χ0n) is 19.2. The van der Waals surface area contributed by atoms with E-state index in [1.54, 1.807) is 0 Å². The summed E-state index contributed by atoms with van der Waals surface area (Å²) < 4.78 is 8.30. The zero-order valence-corrected chi connectivity index (χ0v) is 20.8. The fraction of sp³-hybridized carbons (Fsp3) is 0.385. The van der Waals surface area contributed by atoms with E-state index >= 15 is 0 Å². The Morgan fingerprint density at radius 2 is 2.00 bits per heavy atom. The van der Waals surface area contributed by atoms with Gasteiger partial charge in [0.05, 0.1) is 23.9 Å². The van der Waals surface area contributed by atoms with Gasteiger partial charge in [-0.3, -0.25) is 4.98 Å². The van der Waals surface area contributed by atoms with Gasteiger partial charge < -0.3 is 19.5 Å². The number of rotatable bonds is 5. The second kappa shape index (κ2) is 9.09. The highest BCUT2D eigenvalue weighted by Gasteiger charge is 2.43. The van der Waals surface area contributed by atoms with Gasteiger partial charge in [-0.25, -0.2) is 0 Å². The minimum absolute atomic E-state index is 0.0238. The zero-order chi connectivity index (χ0) is 23.1. The molecule has 1 N–H and O–H groups in total. The predicted molar refractivity (Wildman–Crippen MR) is 136 cm³/mol. The first kappa shape index (κ1) is 22.4. The van der Waals surface area contributed by atoms with Crippen LogP contribution in [0.5, 0.6) is 0 Å². The number of nitrogens with zero attached hydrogens (tertiary/aromatic N) is 3. The number of nitrogens with one attached hydrogen (secondary N) is 1. The molecule has 0 radical (unpaired) electrons. The summed E-state index contributed by atoms with van der Waals surface area (Å²) in [6.07, 6.45) is 4.23. The lowest BCUT2D eigenvalue weighted by Gasteiger charge is -2.30. The molecular weight excluding hydrogens is 452 g/mol. The summed E-state index contributed by atoms with van der Waals surface area (Å²) in [6.45, 7) is 8.18. The molecule has 5 nitrogen and oxygen atoms in total. The van der Waals surface area contributed by atoms with E-state index in [1.165, 1.54) is 22.5 Å². The van der Waals surface area contributed by atoms with Crippen LogP contribution in [0.25, 0.3) is 5.69 Å². The molecule has 2 aliphatic heterocycles. The van der Waals surface area contributed by atoms with Crippen molar-refractivity contribution in [1.29, 1.82) is 0 Å². The molecule has 0 saturated carbocycles. The lowest BCUT2D eigenvalue weighted by atomic mass is 9.93. The molecular formula is C26H29ClN4OS. The Labute approximate surface area is 205 Å². The highest BCUT2D eigenvalue weighted by Crippen LogP contribution is 2.43. The molecule has 3 aromatic rings. The van der Waals surface area contributed by atoms with Crippen molar-refractivity contribution in [2.24, 2.45) is 0 Å². The molecule has 4 heterocycles. The van der Waals surface area contributed by atoms with Gasteiger partial charge >= 0.3 is 0 Å². The molecule has 1 aromatic carbocycles. The maximum absolute atomic E-state index is 6.34. The fourth-order valence-electron chi connectivity index (χ4n) is 5.37. The van der Waals surface area contributed by atoms with Gasteiger partial charge in [0.1, 0.15) is 0 Å². The van der Waals surface area contributed by atoms with Crippen molar-refractivity contribution in [2.45, 2.75) is 51.8 Å². The molecule has 172 valence electrons. The first-order valence-electron chi connectivity index (χ1n) is 11.5. The second-order valence-electron chi connectivity index (χ2n) is 8.94. The van der Waals surface area contributed by atoms with Crippen molar-refractivity contribution in [3.05, 3.63) is 81.9 Å². The average molecular weight is 481 g/mol. The van der Waals surface area contributed by atoms with E-state index < -0.39 is 0 Å². The van der Waals surface area contributed by atoms with Crippen LogP contribution in [0.1, 0.15) is 53.1 Å². The largest absolute Gasteiger partial charge is 0.376 e. The van der Waals surface area contributed by atoms with Gasteiger partial charge in [-0.1, -0.05) is 23.7 Å². The van der Waals surface area contributed by atoms with Gasteiger partial charge in [-0.15, -0.1) is 0 Å². The van der Waals surface area contributed by atoms with E-state index in [2.05, 4.69) is 47.7 Å². The highest BCUT2D eigenvalue weighted by atomic mass is 35.5. The fourth-order valence-corrected chi connectivity index (χ4v) is 5.87. The quantitative estimate of drug-likeness (QED) is 0.481. The van der Waals surface area contributed by atoms with Gasteiger partial charge in [0.2, 0.25) is 0 Å². The minimum atomic E-state index is -0.0351. The van der Waals surface area contributed by atoms with Crippen molar-refractivity contribution >= 4 is 28.9 Å². The van der Waals surface area contributed by atoms with Crippen LogP contribution in [0.3, 0.4) is 0 Å². The van der Waals surface area contributed by atoms with Crippen LogP contribution >= 0.6 is 23.8 Å². The Hall–Kier alpha value is -2.41. The van der Waals surface area contributed by atoms with Crippen LogP contribution in [-0.2, 0) is 4.74 Å². The van der Waals surface area contributed by atoms with E-state index in [0.717, 1.165) is 47.5 Å². The summed E-state index contributed by atoms with van der Waals surface area (Å²) in [5.74, 6) is 0. The maximum Gasteiger partial charge on any atom is 0.170 e. The monoisotopic (exact) mass is 480 g/mol. The van der Waals surface area contributed by atoms with Gasteiger partial charge in [0.25, 0.3) is 0 Å². The Bertz CT molecular complexity index is 1170. The third-order valence-electron chi connectivity index (χ3n) is 6.99. The smallest absolute Gasteiger partial charge is 0.170 e. The summed E-state index contributed by atoms with van der Waals surface area (Å²) in [7, 11) is 0. The SMILES string of the molecule is Cc1c([C@@H]2[C@@H](c3ccccn3)NC(=S)N2C[C@@H]2CCCO2)c(C)n(-c2cccc(Cl)c2)c1C. The van der Waals surface area contributed by atoms with E-state index in [9.17, 15) is 0 Å². The molecule has 2 aliphatic rings. The molecule has 0 unspecified atom stereocenters. The topological polar surface area (TPSA) is 42.3 Å². The first-order valence-corrected chi connectivity index (χ1v) is 12.3. The number of thiocarbonyl (C=S) groups is 1. The lowest BCUT2D eigenvalue weighted by molar-refractivity contribution is 0.0841. The van der Waals surface area contributed by atoms with E-state index in [-0.39, 0.29) is 18.2 Å². The van der Waals surface area contributed by atoms with Crippen LogP contribution in [0.15, 0.2) is 48.7 Å². The molecule has 7 heteroatoms. The molecule has 33 heavy (non-hydrogen) atoms. The van der Waals surface area contributed by atoms with Crippen molar-refractivity contribution in [2.75, 3.05) is 13.2 Å². The van der Waals surface area contributed by atoms with Crippen LogP contribution in [0.2, 0.25) is 5.02 Å². The number of hydrogen-bond donors (Lipinski definition) is 1. The molecule has 2 aromatic heterocycles. The van der Waals surface area contributed by atoms with Crippen molar-refractivity contribution < 1.29 is 4.74 Å². The molecule has 0 aliphatic carbocycles. The summed E-state index contributed by atoms with van der Waals surface area (Å²) in [5.41, 5.74) is 7.02. The van der Waals surface area contributed by atoms with Crippen LogP contribution in [-0.4, -0.2) is 38.8 Å². The van der Waals surface area contributed by atoms with Crippen LogP contribution in [0, 0.1) is 20.8 Å². The lowest BCUT2D eigenvalue weighted by Crippen LogP contribution is -2.36. The van der Waals surface area contributed by atoms with Crippen LogP contribution in [0.4, 0.5) is 0 Å².